The standard InChI is InChI=1S/C16H23ClN2O.ClH/c1-16(2,12-7-3-4-8-13(12)17)15(20)19-14-9-5-6-11(14)10-18;/h3-4,7-8,11,14H,5-6,9-10,18H2,1-2H3,(H,19,20);1H. The second kappa shape index (κ2) is 7.48. The number of carbonyl (C=O) groups is 1. The number of hydrogen-bond acceptors (Lipinski definition) is 2. The van der Waals surface area contributed by atoms with Crippen molar-refractivity contribution in [3.05, 3.63) is 34.9 Å². The van der Waals surface area contributed by atoms with E-state index in [1.807, 2.05) is 38.1 Å². The van der Waals surface area contributed by atoms with Crippen molar-refractivity contribution in [2.45, 2.75) is 44.6 Å². The molecule has 2 rings (SSSR count). The van der Waals surface area contributed by atoms with Crippen molar-refractivity contribution in [3.63, 3.8) is 0 Å². The molecule has 0 aromatic heterocycles. The fourth-order valence-corrected chi connectivity index (χ4v) is 3.32. The number of halogens is 2. The van der Waals surface area contributed by atoms with Gasteiger partial charge in [-0.25, -0.2) is 0 Å². The Labute approximate surface area is 138 Å². The van der Waals surface area contributed by atoms with E-state index in [4.69, 9.17) is 17.3 Å². The number of nitrogens with two attached hydrogens (primary N) is 1. The Hall–Kier alpha value is -0.770. The third-order valence-corrected chi connectivity index (χ3v) is 4.72. The van der Waals surface area contributed by atoms with Crippen molar-refractivity contribution in [1.82, 2.24) is 5.32 Å². The van der Waals surface area contributed by atoms with Crippen molar-refractivity contribution in [2.75, 3.05) is 6.54 Å². The Kier molecular flexibility index (Phi) is 6.51. The Morgan fingerprint density at radius 3 is 2.67 bits per heavy atom. The first-order valence-corrected chi connectivity index (χ1v) is 7.60. The molecular formula is C16H24Cl2N2O. The average Bonchev–Trinajstić information content (AvgIpc) is 2.86. The van der Waals surface area contributed by atoms with Gasteiger partial charge in [-0.05, 0) is 50.8 Å². The van der Waals surface area contributed by atoms with Crippen LogP contribution in [0, 0.1) is 5.92 Å². The zero-order chi connectivity index (χ0) is 14.8. The fourth-order valence-electron chi connectivity index (χ4n) is 2.95. The molecule has 1 aliphatic carbocycles. The van der Waals surface area contributed by atoms with Crippen LogP contribution in [0.15, 0.2) is 24.3 Å². The molecule has 3 nitrogen and oxygen atoms in total. The Morgan fingerprint density at radius 1 is 1.38 bits per heavy atom. The number of nitrogens with one attached hydrogen (secondary N) is 1. The van der Waals surface area contributed by atoms with Crippen molar-refractivity contribution < 1.29 is 4.79 Å². The molecule has 5 heteroatoms. The van der Waals surface area contributed by atoms with Crippen LogP contribution in [-0.4, -0.2) is 18.5 Å². The second-order valence-corrected chi connectivity index (χ2v) is 6.52. The molecule has 118 valence electrons. The van der Waals surface area contributed by atoms with Gasteiger partial charge in [-0.15, -0.1) is 12.4 Å². The molecule has 0 spiro atoms. The molecule has 0 bridgehead atoms. The number of rotatable bonds is 4. The fraction of sp³-hybridized carbons (Fsp3) is 0.562. The van der Waals surface area contributed by atoms with Crippen LogP contribution in [0.3, 0.4) is 0 Å². The van der Waals surface area contributed by atoms with E-state index in [1.54, 1.807) is 0 Å². The van der Waals surface area contributed by atoms with Crippen molar-refractivity contribution in [2.24, 2.45) is 11.7 Å². The molecule has 1 aromatic carbocycles. The van der Waals surface area contributed by atoms with Crippen LogP contribution in [0.4, 0.5) is 0 Å². The smallest absolute Gasteiger partial charge is 0.230 e. The summed E-state index contributed by atoms with van der Waals surface area (Å²) in [5, 5.41) is 3.80. The van der Waals surface area contributed by atoms with Gasteiger partial charge in [0.1, 0.15) is 0 Å². The first kappa shape index (κ1) is 18.3. The first-order chi connectivity index (χ1) is 9.46. The molecule has 1 fully saturated rings. The zero-order valence-electron chi connectivity index (χ0n) is 12.6. The lowest BCUT2D eigenvalue weighted by Crippen LogP contribution is -2.47. The topological polar surface area (TPSA) is 55.1 Å². The molecule has 0 saturated heterocycles. The van der Waals surface area contributed by atoms with Crippen LogP contribution in [0.25, 0.3) is 0 Å². The maximum atomic E-state index is 12.6. The van der Waals surface area contributed by atoms with Crippen LogP contribution < -0.4 is 11.1 Å². The van der Waals surface area contributed by atoms with E-state index in [0.29, 0.717) is 17.5 Å². The Bertz CT molecular complexity index is 491. The molecule has 3 N–H and O–H groups in total. The lowest BCUT2D eigenvalue weighted by molar-refractivity contribution is -0.126. The quantitative estimate of drug-likeness (QED) is 0.890. The highest BCUT2D eigenvalue weighted by Gasteiger charge is 2.35. The van der Waals surface area contributed by atoms with Crippen LogP contribution >= 0.6 is 24.0 Å². The predicted octanol–water partition coefficient (Wildman–Crippen LogP) is 3.28. The van der Waals surface area contributed by atoms with Crippen molar-refractivity contribution in [3.8, 4) is 0 Å². The van der Waals surface area contributed by atoms with Gasteiger partial charge < -0.3 is 11.1 Å². The molecule has 1 aromatic rings. The molecule has 2 atom stereocenters. The minimum Gasteiger partial charge on any atom is -0.352 e. The van der Waals surface area contributed by atoms with Crippen molar-refractivity contribution >= 4 is 29.9 Å². The Morgan fingerprint density at radius 2 is 2.05 bits per heavy atom. The number of benzene rings is 1. The van der Waals surface area contributed by atoms with Gasteiger partial charge in [-0.1, -0.05) is 36.2 Å². The molecule has 2 unspecified atom stereocenters. The minimum absolute atomic E-state index is 0. The van der Waals surface area contributed by atoms with Crippen LogP contribution in [0.5, 0.6) is 0 Å². The van der Waals surface area contributed by atoms with Gasteiger partial charge in [0.15, 0.2) is 0 Å². The molecule has 0 heterocycles. The monoisotopic (exact) mass is 330 g/mol. The van der Waals surface area contributed by atoms with E-state index in [2.05, 4.69) is 5.32 Å². The highest BCUT2D eigenvalue weighted by Crippen LogP contribution is 2.31. The summed E-state index contributed by atoms with van der Waals surface area (Å²) in [6, 6.07) is 7.73. The maximum Gasteiger partial charge on any atom is 0.230 e. The third-order valence-electron chi connectivity index (χ3n) is 4.39. The molecule has 0 aliphatic heterocycles. The summed E-state index contributed by atoms with van der Waals surface area (Å²) in [6.07, 6.45) is 3.26. The van der Waals surface area contributed by atoms with Crippen molar-refractivity contribution in [1.29, 1.82) is 0 Å². The number of carbonyl (C=O) groups excluding carboxylic acids is 1. The second-order valence-electron chi connectivity index (χ2n) is 6.11. The van der Waals surface area contributed by atoms with Crippen LogP contribution in [0.1, 0.15) is 38.7 Å². The third kappa shape index (κ3) is 3.91. The van der Waals surface area contributed by atoms with Gasteiger partial charge in [0, 0.05) is 11.1 Å². The molecule has 0 radical (unpaired) electrons. The van der Waals surface area contributed by atoms with E-state index in [0.717, 1.165) is 24.8 Å². The highest BCUT2D eigenvalue weighted by molar-refractivity contribution is 6.31. The lowest BCUT2D eigenvalue weighted by Gasteiger charge is -2.29. The number of amides is 1. The summed E-state index contributed by atoms with van der Waals surface area (Å²) >= 11 is 6.23. The molecular weight excluding hydrogens is 307 g/mol. The molecule has 1 amide bonds. The van der Waals surface area contributed by atoms with E-state index < -0.39 is 5.41 Å². The SMILES string of the molecule is CC(C)(C(=O)NC1CCCC1CN)c1ccccc1Cl.Cl. The summed E-state index contributed by atoms with van der Waals surface area (Å²) in [5.74, 6) is 0.428. The van der Waals surface area contributed by atoms with Gasteiger partial charge in [0.2, 0.25) is 5.91 Å². The zero-order valence-corrected chi connectivity index (χ0v) is 14.1. The molecule has 1 aliphatic rings. The van der Waals surface area contributed by atoms with Crippen LogP contribution in [0.2, 0.25) is 5.02 Å². The largest absolute Gasteiger partial charge is 0.352 e. The lowest BCUT2D eigenvalue weighted by atomic mass is 9.83. The molecule has 21 heavy (non-hydrogen) atoms. The normalized spacial score (nSPS) is 21.7. The highest BCUT2D eigenvalue weighted by atomic mass is 35.5. The van der Waals surface area contributed by atoms with E-state index in [-0.39, 0.29) is 24.4 Å². The number of hydrogen-bond donors (Lipinski definition) is 2. The minimum atomic E-state index is -0.639. The van der Waals surface area contributed by atoms with Gasteiger partial charge in [-0.2, -0.15) is 0 Å². The summed E-state index contributed by atoms with van der Waals surface area (Å²) < 4.78 is 0. The average molecular weight is 331 g/mol. The maximum absolute atomic E-state index is 12.6. The van der Waals surface area contributed by atoms with Gasteiger partial charge in [0.25, 0.3) is 0 Å². The summed E-state index contributed by atoms with van der Waals surface area (Å²) in [4.78, 5) is 12.6. The summed E-state index contributed by atoms with van der Waals surface area (Å²) in [7, 11) is 0. The Balaban J connectivity index is 0.00000220. The first-order valence-electron chi connectivity index (χ1n) is 7.23. The predicted molar refractivity (Wildman–Crippen MR) is 90.1 cm³/mol. The van der Waals surface area contributed by atoms with Crippen LogP contribution in [-0.2, 0) is 10.2 Å². The van der Waals surface area contributed by atoms with E-state index >= 15 is 0 Å². The van der Waals surface area contributed by atoms with E-state index in [1.165, 1.54) is 0 Å². The molecule has 1 saturated carbocycles. The summed E-state index contributed by atoms with van der Waals surface area (Å²) in [5.41, 5.74) is 6.00. The van der Waals surface area contributed by atoms with Gasteiger partial charge in [-0.3, -0.25) is 4.79 Å². The summed E-state index contributed by atoms with van der Waals surface area (Å²) in [6.45, 7) is 4.46. The van der Waals surface area contributed by atoms with Gasteiger partial charge in [0.05, 0.1) is 5.41 Å². The van der Waals surface area contributed by atoms with E-state index in [9.17, 15) is 4.79 Å². The van der Waals surface area contributed by atoms with Gasteiger partial charge >= 0.3 is 0 Å².